The molecule has 0 spiro atoms. The third-order valence-corrected chi connectivity index (χ3v) is 20.2. The van der Waals surface area contributed by atoms with E-state index in [4.69, 9.17) is 61.6 Å². The number of methoxy groups -OCH3 is 3. The molecule has 0 bridgehead atoms. The van der Waals surface area contributed by atoms with Crippen molar-refractivity contribution < 1.29 is 107 Å². The summed E-state index contributed by atoms with van der Waals surface area (Å²) in [7, 11) is 4.54. The molecule has 8 fully saturated rings. The van der Waals surface area contributed by atoms with Crippen molar-refractivity contribution in [2.75, 3.05) is 27.9 Å². The van der Waals surface area contributed by atoms with Crippen LogP contribution in [0.3, 0.4) is 0 Å². The van der Waals surface area contributed by atoms with Gasteiger partial charge in [-0.1, -0.05) is 13.8 Å². The molecule has 1 aromatic rings. The predicted molar refractivity (Wildman–Crippen MR) is 272 cm³/mol. The number of pyridine rings is 1. The van der Waals surface area contributed by atoms with Crippen molar-refractivity contribution in [2.45, 2.75) is 253 Å². The molecule has 0 aromatic carbocycles. The number of ether oxygens (including phenoxy) is 13. The fourth-order valence-electron chi connectivity index (χ4n) is 15.6. The molecule has 4 saturated carbocycles. The maximum Gasteiger partial charge on any atom is 0.340 e. The molecule has 79 heavy (non-hydrogen) atoms. The Morgan fingerprint density at radius 1 is 0.709 bits per heavy atom. The lowest BCUT2D eigenvalue weighted by atomic mass is 9.42. The average Bonchev–Trinajstić information content (AvgIpc) is 2.28. The highest BCUT2D eigenvalue weighted by Crippen LogP contribution is 2.71. The van der Waals surface area contributed by atoms with Gasteiger partial charge in [0.25, 0.3) is 0 Å². The average molecular weight is 1130 g/mol. The SMILES string of the molecule is CO[C@H]1[C@@H](O)[C@H](O[C@@H]2[C@@H](C)O[C@@H](O[C@H]3[C@@H](OC)C[C@H](O[C@H]4CC[C@@]5(C)[C@@H](CC[C@@H]6[C@@H]5C[C@@H](OC(C)=O)[C@]5(C)[C@](O)(C(C)OC(=O)c7cccnc7)CC[C@]65O)C4)O[C@@H]3C)C[C@H]2OC)O[C@H](C)[C@H]1O[C@@H]1O[C@H](CO)[C@@H](O)[C@H](O)[C@H]1O. The number of aliphatic hydroxyl groups is 7. The third kappa shape index (κ3) is 11.1. The van der Waals surface area contributed by atoms with Gasteiger partial charge in [0.05, 0.1) is 59.8 Å². The summed E-state index contributed by atoms with van der Waals surface area (Å²) in [6, 6.07) is 3.22. The van der Waals surface area contributed by atoms with Crippen LogP contribution < -0.4 is 0 Å². The molecule has 8 aliphatic rings. The molecule has 4 aliphatic heterocycles. The van der Waals surface area contributed by atoms with Crippen LogP contribution in [-0.4, -0.2) is 221 Å². The number of hydrogen-bond acceptors (Lipinski definition) is 23. The second kappa shape index (κ2) is 24.2. The second-order valence-corrected chi connectivity index (χ2v) is 24.2. The standard InChI is InChI=1S/C56H87NO22/c1-26-46(77-41-23-37(68-9)47(27(2)71-41)78-52-45(63)49(69-10)48(28(3)72-52)79-51-44(62)43(61)42(60)38(25-58)76-51)36(67-8)22-40(70-26)75-33-15-16-53(6)32(20-33)13-14-34-35(53)21-39(74-30(5)59)54(7)55(65,17-18-56(34,54)66)29(4)73-50(64)31-12-11-19-57-24-31/h11-12,19,24,26-29,32-49,51-52,58,60-63,65-66H,13-18,20-23,25H2,1-10H3/t26-,27-,28-,29?,32+,33+,34-,35+,36+,37-,38-,39-,40+,41+,42-,43+,44-,45-,46-,47-,48-,49+,51+,52+,53+,54-,55-,56+/m1/s1. The summed E-state index contributed by atoms with van der Waals surface area (Å²) in [4.78, 5) is 30.2. The van der Waals surface area contributed by atoms with Crippen LogP contribution in [-0.2, 0) is 66.4 Å². The molecule has 4 saturated heterocycles. The van der Waals surface area contributed by atoms with Gasteiger partial charge in [-0.25, -0.2) is 4.79 Å². The molecule has 23 heteroatoms. The van der Waals surface area contributed by atoms with E-state index in [9.17, 15) is 45.3 Å². The molecule has 1 unspecified atom stereocenters. The highest BCUT2D eigenvalue weighted by atomic mass is 16.8. The zero-order valence-electron chi connectivity index (χ0n) is 47.1. The largest absolute Gasteiger partial charge is 0.462 e. The molecule has 4 aliphatic carbocycles. The lowest BCUT2D eigenvalue weighted by molar-refractivity contribution is -0.373. The first kappa shape index (κ1) is 60.9. The summed E-state index contributed by atoms with van der Waals surface area (Å²) in [5.41, 5.74) is -4.47. The summed E-state index contributed by atoms with van der Waals surface area (Å²) < 4.78 is 80.2. The minimum absolute atomic E-state index is 0.0289. The van der Waals surface area contributed by atoms with Gasteiger partial charge in [0.1, 0.15) is 72.7 Å². The predicted octanol–water partition coefficient (Wildman–Crippen LogP) is 1.82. The van der Waals surface area contributed by atoms with E-state index >= 15 is 0 Å². The van der Waals surface area contributed by atoms with E-state index in [-0.39, 0.29) is 54.1 Å². The first-order valence-electron chi connectivity index (χ1n) is 28.3. The van der Waals surface area contributed by atoms with Crippen LogP contribution in [0.15, 0.2) is 24.5 Å². The monoisotopic (exact) mass is 1130 g/mol. The first-order valence-corrected chi connectivity index (χ1v) is 28.3. The summed E-state index contributed by atoms with van der Waals surface area (Å²) in [6.45, 7) is 11.8. The number of fused-ring (bicyclic) bond motifs is 5. The van der Waals surface area contributed by atoms with Gasteiger partial charge in [-0.2, -0.15) is 0 Å². The van der Waals surface area contributed by atoms with Gasteiger partial charge >= 0.3 is 11.9 Å². The maximum absolute atomic E-state index is 13.3. The highest BCUT2D eigenvalue weighted by Gasteiger charge is 2.77. The Bertz CT molecular complexity index is 2220. The first-order chi connectivity index (χ1) is 37.5. The van der Waals surface area contributed by atoms with Crippen LogP contribution in [0.5, 0.6) is 0 Å². The summed E-state index contributed by atoms with van der Waals surface area (Å²) in [5, 5.41) is 78.3. The third-order valence-electron chi connectivity index (χ3n) is 20.2. The zero-order chi connectivity index (χ0) is 57.1. The number of aliphatic hydroxyl groups excluding tert-OH is 5. The van der Waals surface area contributed by atoms with Crippen molar-refractivity contribution in [1.82, 2.24) is 4.98 Å². The number of esters is 2. The Balaban J connectivity index is 0.792. The van der Waals surface area contributed by atoms with E-state index in [0.717, 1.165) is 25.7 Å². The van der Waals surface area contributed by atoms with E-state index in [1.165, 1.54) is 20.2 Å². The lowest BCUT2D eigenvalue weighted by Crippen LogP contribution is -2.72. The smallest absolute Gasteiger partial charge is 0.340 e. The molecule has 0 radical (unpaired) electrons. The summed E-state index contributed by atoms with van der Waals surface area (Å²) in [6.07, 6.45) is -11.7. The Labute approximate surface area is 462 Å². The molecule has 1 aromatic heterocycles. The van der Waals surface area contributed by atoms with E-state index in [0.29, 0.717) is 19.3 Å². The molecule has 28 atom stereocenters. The van der Waals surface area contributed by atoms with Crippen molar-refractivity contribution >= 4 is 11.9 Å². The molecule has 0 amide bonds. The van der Waals surface area contributed by atoms with E-state index in [1.54, 1.807) is 53.3 Å². The van der Waals surface area contributed by atoms with Crippen molar-refractivity contribution in [3.8, 4) is 0 Å². The number of nitrogens with zero attached hydrogens (tertiary/aromatic N) is 1. The lowest BCUT2D eigenvalue weighted by Gasteiger charge is -2.66. The van der Waals surface area contributed by atoms with Gasteiger partial charge < -0.3 is 97.3 Å². The Morgan fingerprint density at radius 2 is 1.34 bits per heavy atom. The van der Waals surface area contributed by atoms with Gasteiger partial charge in [-0.15, -0.1) is 0 Å². The van der Waals surface area contributed by atoms with Gasteiger partial charge in [0.15, 0.2) is 25.2 Å². The molecule has 448 valence electrons. The molecule has 9 rings (SSSR count). The highest BCUT2D eigenvalue weighted by molar-refractivity contribution is 5.89. The molecule has 23 nitrogen and oxygen atoms in total. The van der Waals surface area contributed by atoms with Crippen molar-refractivity contribution in [2.24, 2.45) is 28.6 Å². The Morgan fingerprint density at radius 3 is 1.96 bits per heavy atom. The molecule has 7 N–H and O–H groups in total. The van der Waals surface area contributed by atoms with E-state index in [1.807, 2.05) is 13.8 Å². The van der Waals surface area contributed by atoms with Crippen LogP contribution in [0.2, 0.25) is 0 Å². The van der Waals surface area contributed by atoms with Crippen molar-refractivity contribution in [3.05, 3.63) is 30.1 Å². The van der Waals surface area contributed by atoms with Gasteiger partial charge in [0.2, 0.25) is 0 Å². The maximum atomic E-state index is 13.3. The fourth-order valence-corrected chi connectivity index (χ4v) is 15.6. The van der Waals surface area contributed by atoms with Crippen molar-refractivity contribution in [3.63, 3.8) is 0 Å². The normalized spacial score (nSPS) is 49.4. The fraction of sp³-hybridized carbons (Fsp3) is 0.875. The van der Waals surface area contributed by atoms with Gasteiger partial charge in [-0.05, 0) is 114 Å². The Kier molecular flexibility index (Phi) is 18.6. The number of hydrogen-bond donors (Lipinski definition) is 7. The number of carbonyl (C=O) groups is 2. The topological polar surface area (TPSA) is 309 Å². The van der Waals surface area contributed by atoms with Crippen LogP contribution in [0, 0.1) is 28.6 Å². The summed E-state index contributed by atoms with van der Waals surface area (Å²) in [5.74, 6) is -1.15. The number of carbonyl (C=O) groups excluding carboxylic acids is 2. The second-order valence-electron chi connectivity index (χ2n) is 24.2. The minimum Gasteiger partial charge on any atom is -0.462 e. The van der Waals surface area contributed by atoms with Crippen molar-refractivity contribution in [1.29, 1.82) is 0 Å². The van der Waals surface area contributed by atoms with E-state index in [2.05, 4.69) is 11.9 Å². The van der Waals surface area contributed by atoms with Crippen LogP contribution in [0.25, 0.3) is 0 Å². The van der Waals surface area contributed by atoms with Gasteiger partial charge in [0, 0.05) is 53.5 Å². The minimum atomic E-state index is -1.71. The summed E-state index contributed by atoms with van der Waals surface area (Å²) >= 11 is 0. The Hall–Kier alpha value is -2.63. The quantitative estimate of drug-likeness (QED) is 0.0917. The molecule has 5 heterocycles. The number of rotatable bonds is 16. The van der Waals surface area contributed by atoms with Crippen LogP contribution in [0.4, 0.5) is 0 Å². The van der Waals surface area contributed by atoms with Gasteiger partial charge in [-0.3, -0.25) is 9.78 Å². The van der Waals surface area contributed by atoms with Crippen LogP contribution >= 0.6 is 0 Å². The number of aromatic nitrogens is 1. The molecular formula is C56H87NO22. The van der Waals surface area contributed by atoms with E-state index < -0.39 is 158 Å². The molecular weight excluding hydrogens is 1040 g/mol. The van der Waals surface area contributed by atoms with Crippen LogP contribution in [0.1, 0.15) is 123 Å². The zero-order valence-corrected chi connectivity index (χ0v) is 47.1.